The van der Waals surface area contributed by atoms with Crippen LogP contribution in [-0.4, -0.2) is 17.8 Å². The zero-order chi connectivity index (χ0) is 22.8. The monoisotopic (exact) mass is 428 g/mol. The Balaban J connectivity index is 0.00000166. The molecule has 3 rings (SSSR count). The third kappa shape index (κ3) is 6.25. The van der Waals surface area contributed by atoms with Gasteiger partial charge in [0, 0.05) is 18.7 Å². The molecule has 1 aromatic heterocycles. The molecular formula is C24H26F2N2O3. The summed E-state index contributed by atoms with van der Waals surface area (Å²) in [6.07, 6.45) is 1.49. The van der Waals surface area contributed by atoms with Gasteiger partial charge in [-0.25, -0.2) is 13.8 Å². The molecule has 0 spiro atoms. The Morgan fingerprint density at radius 1 is 1.06 bits per heavy atom. The number of aromatic nitrogens is 1. The smallest absolute Gasteiger partial charge is 0.243 e. The van der Waals surface area contributed by atoms with Gasteiger partial charge in [-0.05, 0) is 37.3 Å². The molecule has 0 fully saturated rings. The van der Waals surface area contributed by atoms with Crippen molar-refractivity contribution in [1.29, 1.82) is 0 Å². The summed E-state index contributed by atoms with van der Waals surface area (Å²) in [5.41, 5.74) is 1.92. The van der Waals surface area contributed by atoms with Crippen molar-refractivity contribution in [2.24, 2.45) is 0 Å². The number of ether oxygens (including phenoxy) is 2. The maximum absolute atomic E-state index is 14.0. The van der Waals surface area contributed by atoms with Crippen molar-refractivity contribution in [3.05, 3.63) is 77.7 Å². The first-order valence-electron chi connectivity index (χ1n) is 9.93. The van der Waals surface area contributed by atoms with Crippen LogP contribution in [0.5, 0.6) is 17.4 Å². The van der Waals surface area contributed by atoms with Crippen LogP contribution in [0, 0.1) is 12.7 Å². The van der Waals surface area contributed by atoms with E-state index in [0.717, 1.165) is 5.56 Å². The first-order valence-corrected chi connectivity index (χ1v) is 9.93. The standard InChI is InChI=1S/C22H20F2N2O3.C2H6/c1-15-9-10-20(28-14-23)17(12-15)13-26(16(2)27)19-7-5-11-25-22(19)29-21-8-4-3-6-18(21)24;1-2/h3-12H,13-14H2,1-2H3;1-2H3. The molecule has 0 radical (unpaired) electrons. The Kier molecular flexibility index (Phi) is 8.94. The van der Waals surface area contributed by atoms with Gasteiger partial charge in [-0.2, -0.15) is 0 Å². The van der Waals surface area contributed by atoms with E-state index in [1.807, 2.05) is 26.8 Å². The lowest BCUT2D eigenvalue weighted by Crippen LogP contribution is -2.28. The molecule has 1 heterocycles. The maximum atomic E-state index is 14.0. The van der Waals surface area contributed by atoms with Gasteiger partial charge in [-0.15, -0.1) is 0 Å². The van der Waals surface area contributed by atoms with E-state index in [9.17, 15) is 13.6 Å². The highest BCUT2D eigenvalue weighted by Gasteiger charge is 2.21. The van der Waals surface area contributed by atoms with Gasteiger partial charge in [0.15, 0.2) is 11.6 Å². The Hall–Kier alpha value is -3.48. The molecule has 164 valence electrons. The van der Waals surface area contributed by atoms with Crippen LogP contribution in [0.3, 0.4) is 0 Å². The molecule has 0 saturated carbocycles. The van der Waals surface area contributed by atoms with E-state index in [1.54, 1.807) is 36.4 Å². The summed E-state index contributed by atoms with van der Waals surface area (Å²) < 4.78 is 37.5. The number of hydrogen-bond donors (Lipinski definition) is 0. The summed E-state index contributed by atoms with van der Waals surface area (Å²) in [5, 5.41) is 0. The molecule has 0 aliphatic heterocycles. The molecule has 0 saturated heterocycles. The van der Waals surface area contributed by atoms with Crippen LogP contribution >= 0.6 is 0 Å². The highest BCUT2D eigenvalue weighted by molar-refractivity contribution is 5.92. The topological polar surface area (TPSA) is 51.7 Å². The van der Waals surface area contributed by atoms with Crippen molar-refractivity contribution in [2.75, 3.05) is 11.8 Å². The lowest BCUT2D eigenvalue weighted by atomic mass is 10.1. The summed E-state index contributed by atoms with van der Waals surface area (Å²) in [6.45, 7) is 6.40. The van der Waals surface area contributed by atoms with E-state index >= 15 is 0 Å². The number of pyridine rings is 1. The summed E-state index contributed by atoms with van der Waals surface area (Å²) in [4.78, 5) is 18.0. The molecule has 5 nitrogen and oxygen atoms in total. The van der Waals surface area contributed by atoms with Crippen LogP contribution in [0.1, 0.15) is 31.9 Å². The number of nitrogens with zero attached hydrogens (tertiary/aromatic N) is 2. The molecule has 0 bridgehead atoms. The molecular weight excluding hydrogens is 402 g/mol. The molecule has 3 aromatic rings. The van der Waals surface area contributed by atoms with Crippen molar-refractivity contribution in [3.8, 4) is 17.4 Å². The van der Waals surface area contributed by atoms with Gasteiger partial charge >= 0.3 is 0 Å². The SMILES string of the molecule is CC.CC(=O)N(Cc1cc(C)ccc1OCF)c1cccnc1Oc1ccccc1F. The van der Waals surface area contributed by atoms with E-state index in [-0.39, 0.29) is 24.1 Å². The molecule has 0 N–H and O–H groups in total. The van der Waals surface area contributed by atoms with Gasteiger partial charge in [0.2, 0.25) is 18.6 Å². The summed E-state index contributed by atoms with van der Waals surface area (Å²) in [6, 6.07) is 14.5. The van der Waals surface area contributed by atoms with Gasteiger partial charge in [-0.3, -0.25) is 4.79 Å². The van der Waals surface area contributed by atoms with Crippen LogP contribution in [0.2, 0.25) is 0 Å². The highest BCUT2D eigenvalue weighted by atomic mass is 19.1. The predicted molar refractivity (Wildman–Crippen MR) is 117 cm³/mol. The molecule has 1 amide bonds. The van der Waals surface area contributed by atoms with E-state index in [4.69, 9.17) is 9.47 Å². The Bertz CT molecular complexity index is 1010. The van der Waals surface area contributed by atoms with Crippen LogP contribution in [0.25, 0.3) is 0 Å². The number of para-hydroxylation sites is 1. The number of alkyl halides is 1. The molecule has 0 unspecified atom stereocenters. The van der Waals surface area contributed by atoms with Crippen LogP contribution in [-0.2, 0) is 11.3 Å². The van der Waals surface area contributed by atoms with Gasteiger partial charge in [0.05, 0.1) is 6.54 Å². The van der Waals surface area contributed by atoms with E-state index in [0.29, 0.717) is 17.0 Å². The number of rotatable bonds is 7. The van der Waals surface area contributed by atoms with Crippen molar-refractivity contribution < 1.29 is 23.0 Å². The fourth-order valence-electron chi connectivity index (χ4n) is 2.87. The number of hydrogen-bond acceptors (Lipinski definition) is 4. The van der Waals surface area contributed by atoms with Crippen LogP contribution in [0.15, 0.2) is 60.8 Å². The Morgan fingerprint density at radius 3 is 2.48 bits per heavy atom. The average molecular weight is 428 g/mol. The quantitative estimate of drug-likeness (QED) is 0.449. The molecule has 0 aliphatic rings. The van der Waals surface area contributed by atoms with Crippen molar-refractivity contribution in [3.63, 3.8) is 0 Å². The number of amides is 1. The number of halogens is 2. The van der Waals surface area contributed by atoms with Crippen LogP contribution in [0.4, 0.5) is 14.5 Å². The zero-order valence-corrected chi connectivity index (χ0v) is 18.1. The number of benzene rings is 2. The first-order chi connectivity index (χ1) is 15.0. The second-order valence-electron chi connectivity index (χ2n) is 6.33. The lowest BCUT2D eigenvalue weighted by Gasteiger charge is -2.24. The third-order valence-corrected chi connectivity index (χ3v) is 4.22. The number of aryl methyl sites for hydroxylation is 1. The van der Waals surface area contributed by atoms with E-state index < -0.39 is 12.7 Å². The average Bonchev–Trinajstić information content (AvgIpc) is 2.77. The highest BCUT2D eigenvalue weighted by Crippen LogP contribution is 2.33. The maximum Gasteiger partial charge on any atom is 0.243 e. The predicted octanol–water partition coefficient (Wildman–Crippen LogP) is 6.21. The fraction of sp³-hybridized carbons (Fsp3) is 0.250. The zero-order valence-electron chi connectivity index (χ0n) is 18.1. The largest absolute Gasteiger partial charge is 0.463 e. The normalized spacial score (nSPS) is 10.0. The number of carbonyl (C=O) groups is 1. The van der Waals surface area contributed by atoms with Crippen molar-refractivity contribution >= 4 is 11.6 Å². The number of carbonyl (C=O) groups excluding carboxylic acids is 1. The minimum Gasteiger partial charge on any atom is -0.463 e. The summed E-state index contributed by atoms with van der Waals surface area (Å²) >= 11 is 0. The van der Waals surface area contributed by atoms with Crippen molar-refractivity contribution in [1.82, 2.24) is 4.98 Å². The van der Waals surface area contributed by atoms with Gasteiger partial charge in [0.1, 0.15) is 11.4 Å². The molecule has 0 atom stereocenters. The minimum absolute atomic E-state index is 0.00652. The Morgan fingerprint density at radius 2 is 1.81 bits per heavy atom. The van der Waals surface area contributed by atoms with Gasteiger partial charge < -0.3 is 14.4 Å². The first kappa shape index (κ1) is 23.8. The minimum atomic E-state index is -0.981. The van der Waals surface area contributed by atoms with Crippen LogP contribution < -0.4 is 14.4 Å². The van der Waals surface area contributed by atoms with E-state index in [2.05, 4.69) is 4.98 Å². The van der Waals surface area contributed by atoms with E-state index in [1.165, 1.54) is 30.2 Å². The fourth-order valence-corrected chi connectivity index (χ4v) is 2.87. The molecule has 0 aliphatic carbocycles. The Labute approximate surface area is 181 Å². The van der Waals surface area contributed by atoms with Gasteiger partial charge in [0.25, 0.3) is 0 Å². The second kappa shape index (κ2) is 11.6. The van der Waals surface area contributed by atoms with Gasteiger partial charge in [-0.1, -0.05) is 43.7 Å². The van der Waals surface area contributed by atoms with Crippen molar-refractivity contribution in [2.45, 2.75) is 34.2 Å². The molecule has 7 heteroatoms. The third-order valence-electron chi connectivity index (χ3n) is 4.22. The number of anilines is 1. The summed E-state index contributed by atoms with van der Waals surface area (Å²) in [7, 11) is 0. The molecule has 31 heavy (non-hydrogen) atoms. The lowest BCUT2D eigenvalue weighted by molar-refractivity contribution is -0.116. The second-order valence-corrected chi connectivity index (χ2v) is 6.33. The summed E-state index contributed by atoms with van der Waals surface area (Å²) in [5.74, 6) is -0.425. The molecule has 2 aromatic carbocycles.